The first kappa shape index (κ1) is 19.0. The van der Waals surface area contributed by atoms with E-state index in [1.807, 2.05) is 29.6 Å². The van der Waals surface area contributed by atoms with Gasteiger partial charge in [-0.15, -0.1) is 11.3 Å². The number of carboxylic acids is 1. The molecule has 0 saturated carbocycles. The van der Waals surface area contributed by atoms with Crippen LogP contribution < -0.4 is 0 Å². The van der Waals surface area contributed by atoms with Crippen LogP contribution in [0.2, 0.25) is 0 Å². The van der Waals surface area contributed by atoms with Gasteiger partial charge in [-0.2, -0.15) is 13.2 Å². The van der Waals surface area contributed by atoms with E-state index in [2.05, 4.69) is 0 Å². The third kappa shape index (κ3) is 3.29. The molecule has 146 valence electrons. The van der Waals surface area contributed by atoms with Crippen molar-refractivity contribution in [1.82, 2.24) is 4.90 Å². The minimum atomic E-state index is -4.51. The summed E-state index contributed by atoms with van der Waals surface area (Å²) in [7, 11) is 0. The van der Waals surface area contributed by atoms with Gasteiger partial charge in [0.2, 0.25) is 0 Å². The largest absolute Gasteiger partial charge is 0.480 e. The average Bonchev–Trinajstić information content (AvgIpc) is 3.30. The molecular weight excluding hydrogens is 387 g/mol. The van der Waals surface area contributed by atoms with Crippen LogP contribution in [-0.4, -0.2) is 28.6 Å². The highest BCUT2D eigenvalue weighted by Crippen LogP contribution is 2.44. The maximum atomic E-state index is 13.8. The Morgan fingerprint density at radius 2 is 1.82 bits per heavy atom. The van der Waals surface area contributed by atoms with Crippen LogP contribution in [0.15, 0.2) is 53.9 Å². The first-order valence-electron chi connectivity index (χ1n) is 8.98. The van der Waals surface area contributed by atoms with Crippen LogP contribution in [0.25, 0.3) is 10.1 Å². The summed E-state index contributed by atoms with van der Waals surface area (Å²) in [6.45, 7) is 0.442. The number of thiophene rings is 1. The Morgan fingerprint density at radius 1 is 1.11 bits per heavy atom. The van der Waals surface area contributed by atoms with Gasteiger partial charge in [0, 0.05) is 11.2 Å². The summed E-state index contributed by atoms with van der Waals surface area (Å²) in [5, 5.41) is 12.4. The van der Waals surface area contributed by atoms with Gasteiger partial charge in [-0.1, -0.05) is 36.4 Å². The lowest BCUT2D eigenvalue weighted by atomic mass is 9.92. The highest BCUT2D eigenvalue weighted by atomic mass is 32.1. The van der Waals surface area contributed by atoms with E-state index < -0.39 is 29.8 Å². The molecule has 3 nitrogen and oxygen atoms in total. The normalized spacial score (nSPS) is 19.2. The second-order valence-corrected chi connectivity index (χ2v) is 7.82. The monoisotopic (exact) mass is 405 g/mol. The third-order valence-corrected chi connectivity index (χ3v) is 6.26. The lowest BCUT2D eigenvalue weighted by Gasteiger charge is -2.33. The van der Waals surface area contributed by atoms with Crippen LogP contribution in [-0.2, 0) is 11.0 Å². The maximum absolute atomic E-state index is 13.8. The smallest absolute Gasteiger partial charge is 0.416 e. The number of fused-ring (bicyclic) bond motifs is 1. The number of likely N-dealkylation sites (tertiary alicyclic amines) is 1. The van der Waals surface area contributed by atoms with E-state index in [-0.39, 0.29) is 5.56 Å². The lowest BCUT2D eigenvalue weighted by molar-refractivity contribution is -0.142. The van der Waals surface area contributed by atoms with E-state index in [0.29, 0.717) is 19.4 Å². The van der Waals surface area contributed by atoms with Crippen molar-refractivity contribution in [3.8, 4) is 0 Å². The fourth-order valence-electron chi connectivity index (χ4n) is 4.09. The summed E-state index contributed by atoms with van der Waals surface area (Å²) in [5.41, 5.74) is 0.114. The van der Waals surface area contributed by atoms with E-state index in [4.69, 9.17) is 0 Å². The van der Waals surface area contributed by atoms with E-state index in [0.717, 1.165) is 21.7 Å². The van der Waals surface area contributed by atoms with Crippen molar-refractivity contribution in [1.29, 1.82) is 0 Å². The van der Waals surface area contributed by atoms with Crippen LogP contribution in [0.4, 0.5) is 13.2 Å². The molecule has 0 radical (unpaired) electrons. The number of nitrogens with zero attached hydrogens (tertiary/aromatic N) is 1. The van der Waals surface area contributed by atoms with Crippen LogP contribution in [0.1, 0.15) is 35.6 Å². The van der Waals surface area contributed by atoms with Gasteiger partial charge >= 0.3 is 12.1 Å². The molecule has 1 aromatic heterocycles. The van der Waals surface area contributed by atoms with Gasteiger partial charge in [0.05, 0.1) is 11.6 Å². The molecule has 2 unspecified atom stereocenters. The highest BCUT2D eigenvalue weighted by Gasteiger charge is 2.42. The van der Waals surface area contributed by atoms with Crippen molar-refractivity contribution in [3.63, 3.8) is 0 Å². The minimum absolute atomic E-state index is 0.103. The Kier molecular flexibility index (Phi) is 4.89. The molecule has 0 bridgehead atoms. The number of alkyl halides is 3. The summed E-state index contributed by atoms with van der Waals surface area (Å²) in [6, 6.07) is 11.5. The van der Waals surface area contributed by atoms with Gasteiger partial charge in [0.1, 0.15) is 6.04 Å². The van der Waals surface area contributed by atoms with Crippen molar-refractivity contribution in [2.75, 3.05) is 6.54 Å². The number of benzene rings is 2. The first-order valence-corrected chi connectivity index (χ1v) is 9.86. The zero-order valence-electron chi connectivity index (χ0n) is 14.8. The van der Waals surface area contributed by atoms with Gasteiger partial charge < -0.3 is 5.11 Å². The molecule has 4 rings (SSSR count). The van der Waals surface area contributed by atoms with Crippen molar-refractivity contribution in [2.45, 2.75) is 31.1 Å². The van der Waals surface area contributed by atoms with Gasteiger partial charge in [-0.25, -0.2) is 0 Å². The molecule has 28 heavy (non-hydrogen) atoms. The summed E-state index contributed by atoms with van der Waals surface area (Å²) < 4.78 is 42.3. The number of aliphatic carboxylic acids is 1. The molecule has 0 spiro atoms. The van der Waals surface area contributed by atoms with E-state index >= 15 is 0 Å². The van der Waals surface area contributed by atoms with E-state index in [9.17, 15) is 23.1 Å². The number of hydrogen-bond donors (Lipinski definition) is 1. The Morgan fingerprint density at radius 3 is 2.57 bits per heavy atom. The van der Waals surface area contributed by atoms with Crippen LogP contribution >= 0.6 is 11.3 Å². The van der Waals surface area contributed by atoms with Gasteiger partial charge in [-0.3, -0.25) is 9.69 Å². The molecule has 2 atom stereocenters. The van der Waals surface area contributed by atoms with E-state index in [1.54, 1.807) is 11.0 Å². The Bertz CT molecular complexity index is 1010. The minimum Gasteiger partial charge on any atom is -0.480 e. The van der Waals surface area contributed by atoms with Crippen molar-refractivity contribution < 1.29 is 23.1 Å². The molecule has 1 aliphatic heterocycles. The van der Waals surface area contributed by atoms with Crippen molar-refractivity contribution in [3.05, 3.63) is 70.6 Å². The molecule has 1 N–H and O–H groups in total. The molecule has 1 saturated heterocycles. The van der Waals surface area contributed by atoms with Crippen LogP contribution in [0, 0.1) is 0 Å². The fraction of sp³-hybridized carbons (Fsp3) is 0.286. The summed E-state index contributed by atoms with van der Waals surface area (Å²) >= 11 is 1.46. The first-order chi connectivity index (χ1) is 13.4. The third-order valence-electron chi connectivity index (χ3n) is 5.28. The summed E-state index contributed by atoms with van der Waals surface area (Å²) in [4.78, 5) is 13.5. The Hall–Kier alpha value is -2.38. The SMILES string of the molecule is O=C(O)C1CCCN1C(c1ccccc1C(F)(F)F)c1csc2ccccc12. The standard InChI is InChI=1S/C21H18F3NO2S/c22-21(23,24)16-8-3-1-7-14(16)19(25-11-5-9-17(25)20(26)27)15-12-28-18-10-4-2-6-13(15)18/h1-4,6-8,10,12,17,19H,5,9,11H2,(H,26,27). The fourth-order valence-corrected chi connectivity index (χ4v) is 5.07. The maximum Gasteiger partial charge on any atom is 0.416 e. The predicted octanol–water partition coefficient (Wildman–Crippen LogP) is 5.56. The Balaban J connectivity index is 1.95. The average molecular weight is 405 g/mol. The summed E-state index contributed by atoms with van der Waals surface area (Å²) in [6.07, 6.45) is -3.44. The number of carboxylic acid groups (broad SMARTS) is 1. The number of halogens is 3. The van der Waals surface area contributed by atoms with Crippen LogP contribution in [0.3, 0.4) is 0 Å². The predicted molar refractivity (Wildman–Crippen MR) is 102 cm³/mol. The molecule has 1 aliphatic rings. The zero-order chi connectivity index (χ0) is 19.9. The molecule has 1 fully saturated rings. The number of rotatable bonds is 4. The second-order valence-electron chi connectivity index (χ2n) is 6.91. The number of hydrogen-bond acceptors (Lipinski definition) is 3. The van der Waals surface area contributed by atoms with Crippen LogP contribution in [0.5, 0.6) is 0 Å². The Labute approximate surface area is 164 Å². The number of carbonyl (C=O) groups is 1. The zero-order valence-corrected chi connectivity index (χ0v) is 15.6. The molecule has 2 heterocycles. The molecule has 3 aromatic rings. The topological polar surface area (TPSA) is 40.5 Å². The molecule has 0 aliphatic carbocycles. The summed E-state index contributed by atoms with van der Waals surface area (Å²) in [5.74, 6) is -0.994. The quantitative estimate of drug-likeness (QED) is 0.618. The second kappa shape index (κ2) is 7.22. The van der Waals surface area contributed by atoms with Gasteiger partial charge in [-0.05, 0) is 46.9 Å². The molecule has 7 heteroatoms. The molecular formula is C21H18F3NO2S. The van der Waals surface area contributed by atoms with Gasteiger partial charge in [0.15, 0.2) is 0 Å². The highest BCUT2D eigenvalue weighted by molar-refractivity contribution is 7.17. The van der Waals surface area contributed by atoms with E-state index in [1.165, 1.54) is 23.5 Å². The lowest BCUT2D eigenvalue weighted by Crippen LogP contribution is -2.39. The van der Waals surface area contributed by atoms with Crippen molar-refractivity contribution >= 4 is 27.4 Å². The molecule has 0 amide bonds. The van der Waals surface area contributed by atoms with Gasteiger partial charge in [0.25, 0.3) is 0 Å². The van der Waals surface area contributed by atoms with Crippen molar-refractivity contribution in [2.24, 2.45) is 0 Å². The molecule has 2 aromatic carbocycles.